The lowest BCUT2D eigenvalue weighted by atomic mass is 10.1. The van der Waals surface area contributed by atoms with E-state index in [9.17, 15) is 4.79 Å². The summed E-state index contributed by atoms with van der Waals surface area (Å²) < 4.78 is 5.60. The van der Waals surface area contributed by atoms with Gasteiger partial charge in [-0.3, -0.25) is 4.90 Å². The van der Waals surface area contributed by atoms with Crippen LogP contribution in [0.1, 0.15) is 39.2 Å². The summed E-state index contributed by atoms with van der Waals surface area (Å²) >= 11 is 0. The lowest BCUT2D eigenvalue weighted by molar-refractivity contribution is 0.0106. The van der Waals surface area contributed by atoms with Gasteiger partial charge in [-0.05, 0) is 40.0 Å². The van der Waals surface area contributed by atoms with Crippen LogP contribution in [0.4, 0.5) is 16.4 Å². The number of aromatic nitrogens is 2. The number of carbonyl (C=O) groups is 1. The van der Waals surface area contributed by atoms with Gasteiger partial charge in [0.25, 0.3) is 0 Å². The van der Waals surface area contributed by atoms with E-state index in [2.05, 4.69) is 20.2 Å². The normalized spacial score (nSPS) is 21.5. The molecule has 7 heteroatoms. The topological polar surface area (TPSA) is 70.6 Å². The van der Waals surface area contributed by atoms with Crippen LogP contribution in [-0.4, -0.2) is 58.3 Å². The number of piperazine rings is 1. The predicted molar refractivity (Wildman–Crippen MR) is 91.3 cm³/mol. The highest BCUT2D eigenvalue weighted by atomic mass is 16.6. The van der Waals surface area contributed by atoms with Crippen molar-refractivity contribution in [3.05, 3.63) is 11.9 Å². The summed E-state index contributed by atoms with van der Waals surface area (Å²) in [5.74, 6) is 1.99. The second-order valence-corrected chi connectivity index (χ2v) is 7.98. The van der Waals surface area contributed by atoms with Gasteiger partial charge in [-0.2, -0.15) is 0 Å². The van der Waals surface area contributed by atoms with Crippen LogP contribution >= 0.6 is 0 Å². The molecule has 3 heterocycles. The third kappa shape index (κ3) is 2.65. The minimum Gasteiger partial charge on any atom is -0.444 e. The first-order valence-electron chi connectivity index (χ1n) is 8.71. The molecule has 0 radical (unpaired) electrons. The van der Waals surface area contributed by atoms with Gasteiger partial charge in [-0.25, -0.2) is 14.8 Å². The highest BCUT2D eigenvalue weighted by Gasteiger charge is 2.54. The number of carbonyl (C=O) groups excluding carboxylic acids is 1. The number of nitrogens with zero attached hydrogens (tertiary/aromatic N) is 4. The number of fused-ring (bicyclic) bond motifs is 1. The highest BCUT2D eigenvalue weighted by molar-refractivity contribution is 5.71. The van der Waals surface area contributed by atoms with Crippen LogP contribution in [-0.2, 0) is 11.2 Å². The molecule has 2 aliphatic heterocycles. The quantitative estimate of drug-likeness (QED) is 0.849. The van der Waals surface area contributed by atoms with Crippen molar-refractivity contribution in [3.63, 3.8) is 0 Å². The van der Waals surface area contributed by atoms with Gasteiger partial charge < -0.3 is 15.0 Å². The van der Waals surface area contributed by atoms with E-state index in [-0.39, 0.29) is 11.6 Å². The predicted octanol–water partition coefficient (Wildman–Crippen LogP) is 2.03. The van der Waals surface area contributed by atoms with Crippen molar-refractivity contribution in [2.24, 2.45) is 0 Å². The van der Waals surface area contributed by atoms with Crippen LogP contribution in [0.5, 0.6) is 0 Å². The van der Waals surface area contributed by atoms with Crippen molar-refractivity contribution in [3.8, 4) is 0 Å². The summed E-state index contributed by atoms with van der Waals surface area (Å²) in [6, 6.07) is 0. The molecule has 24 heavy (non-hydrogen) atoms. The monoisotopic (exact) mass is 331 g/mol. The molecule has 1 aromatic rings. The zero-order chi connectivity index (χ0) is 16.9. The number of anilines is 2. The standard InChI is InChI=1S/C17H25N5O2/c1-16(2,3)24-15(23)22-9-8-21(10-17(22)5-6-17)14-12-4-7-18-13(12)19-11-20-14/h11H,4-10H2,1-3H3,(H,18,19,20). The number of ether oxygens (including phenoxy) is 1. The van der Waals surface area contributed by atoms with E-state index in [0.29, 0.717) is 6.54 Å². The summed E-state index contributed by atoms with van der Waals surface area (Å²) in [6.07, 6.45) is 4.48. The molecule has 0 unspecified atom stereocenters. The SMILES string of the molecule is CC(C)(C)OC(=O)N1CCN(c2ncnc3c2CCN3)CC12CC2. The summed E-state index contributed by atoms with van der Waals surface area (Å²) in [6.45, 7) is 8.96. The summed E-state index contributed by atoms with van der Waals surface area (Å²) in [5, 5.41) is 3.31. The van der Waals surface area contributed by atoms with Gasteiger partial charge in [0.05, 0.1) is 5.54 Å². The van der Waals surface area contributed by atoms with E-state index in [1.54, 1.807) is 6.33 Å². The van der Waals surface area contributed by atoms with E-state index in [1.807, 2.05) is 25.7 Å². The van der Waals surface area contributed by atoms with Crippen molar-refractivity contribution in [1.29, 1.82) is 0 Å². The van der Waals surface area contributed by atoms with Crippen molar-refractivity contribution in [2.45, 2.75) is 51.2 Å². The maximum Gasteiger partial charge on any atom is 0.410 e. The molecule has 1 saturated heterocycles. The average Bonchev–Trinajstić information content (AvgIpc) is 3.09. The van der Waals surface area contributed by atoms with Gasteiger partial charge in [0.15, 0.2) is 0 Å². The fourth-order valence-corrected chi connectivity index (χ4v) is 3.70. The number of nitrogens with one attached hydrogen (secondary N) is 1. The molecule has 2 fully saturated rings. The van der Waals surface area contributed by atoms with E-state index in [0.717, 1.165) is 50.5 Å². The van der Waals surface area contributed by atoms with Gasteiger partial charge in [0, 0.05) is 31.7 Å². The Bertz CT molecular complexity index is 665. The lowest BCUT2D eigenvalue weighted by Gasteiger charge is -2.43. The Kier molecular flexibility index (Phi) is 3.37. The van der Waals surface area contributed by atoms with Gasteiger partial charge in [-0.15, -0.1) is 0 Å². The Morgan fingerprint density at radius 1 is 1.29 bits per heavy atom. The third-order valence-electron chi connectivity index (χ3n) is 4.98. The second kappa shape index (κ2) is 5.22. The molecule has 7 nitrogen and oxygen atoms in total. The number of rotatable bonds is 1. The highest BCUT2D eigenvalue weighted by Crippen LogP contribution is 2.46. The molecule has 3 aliphatic rings. The van der Waals surface area contributed by atoms with Gasteiger partial charge in [0.1, 0.15) is 23.6 Å². The minimum atomic E-state index is -0.455. The van der Waals surface area contributed by atoms with Crippen molar-refractivity contribution >= 4 is 17.7 Å². The molecule has 0 bridgehead atoms. The second-order valence-electron chi connectivity index (χ2n) is 7.98. The van der Waals surface area contributed by atoms with Crippen molar-refractivity contribution < 1.29 is 9.53 Å². The fraction of sp³-hybridized carbons (Fsp3) is 0.706. The zero-order valence-electron chi connectivity index (χ0n) is 14.6. The molecule has 1 aromatic heterocycles. The van der Waals surface area contributed by atoms with E-state index < -0.39 is 5.60 Å². The number of hydrogen-bond donors (Lipinski definition) is 1. The van der Waals surface area contributed by atoms with Crippen LogP contribution in [0, 0.1) is 0 Å². The molecule has 1 amide bonds. The first-order chi connectivity index (χ1) is 11.4. The Balaban J connectivity index is 1.53. The largest absolute Gasteiger partial charge is 0.444 e. The Hall–Kier alpha value is -2.05. The molecule has 1 aliphatic carbocycles. The van der Waals surface area contributed by atoms with Crippen LogP contribution in [0.2, 0.25) is 0 Å². The summed E-state index contributed by atoms with van der Waals surface area (Å²) in [4.78, 5) is 25.7. The molecule has 130 valence electrons. The molecular weight excluding hydrogens is 306 g/mol. The molecular formula is C17H25N5O2. The van der Waals surface area contributed by atoms with Crippen LogP contribution in [0.3, 0.4) is 0 Å². The fourth-order valence-electron chi connectivity index (χ4n) is 3.70. The van der Waals surface area contributed by atoms with Crippen molar-refractivity contribution in [2.75, 3.05) is 36.4 Å². The molecule has 0 aromatic carbocycles. The maximum absolute atomic E-state index is 12.5. The molecule has 0 atom stereocenters. The number of hydrogen-bond acceptors (Lipinski definition) is 6. The molecule has 1 saturated carbocycles. The van der Waals surface area contributed by atoms with Crippen LogP contribution in [0.15, 0.2) is 6.33 Å². The molecule has 4 rings (SSSR count). The molecule has 1 spiro atoms. The number of amides is 1. The van der Waals surface area contributed by atoms with E-state index in [4.69, 9.17) is 4.74 Å². The Labute approximate surface area is 142 Å². The Morgan fingerprint density at radius 3 is 2.79 bits per heavy atom. The molecule has 1 N–H and O–H groups in total. The maximum atomic E-state index is 12.5. The first-order valence-corrected chi connectivity index (χ1v) is 8.71. The van der Waals surface area contributed by atoms with Crippen LogP contribution in [0.25, 0.3) is 0 Å². The third-order valence-corrected chi connectivity index (χ3v) is 4.98. The smallest absolute Gasteiger partial charge is 0.410 e. The average molecular weight is 331 g/mol. The zero-order valence-corrected chi connectivity index (χ0v) is 14.6. The van der Waals surface area contributed by atoms with Crippen molar-refractivity contribution in [1.82, 2.24) is 14.9 Å². The van der Waals surface area contributed by atoms with E-state index in [1.165, 1.54) is 5.56 Å². The lowest BCUT2D eigenvalue weighted by Crippen LogP contribution is -2.58. The van der Waals surface area contributed by atoms with E-state index >= 15 is 0 Å². The first kappa shape index (κ1) is 15.5. The minimum absolute atomic E-state index is 0.0789. The van der Waals surface area contributed by atoms with Crippen LogP contribution < -0.4 is 10.2 Å². The van der Waals surface area contributed by atoms with Gasteiger partial charge in [0.2, 0.25) is 0 Å². The summed E-state index contributed by atoms with van der Waals surface area (Å²) in [5.41, 5.74) is 0.674. The van der Waals surface area contributed by atoms with Gasteiger partial charge in [-0.1, -0.05) is 0 Å². The Morgan fingerprint density at radius 2 is 2.08 bits per heavy atom. The van der Waals surface area contributed by atoms with Gasteiger partial charge >= 0.3 is 6.09 Å². The summed E-state index contributed by atoms with van der Waals surface area (Å²) in [7, 11) is 0.